The molecule has 0 aromatic heterocycles. The van der Waals surface area contributed by atoms with Gasteiger partial charge in [0.25, 0.3) is 5.91 Å². The van der Waals surface area contributed by atoms with E-state index in [-0.39, 0.29) is 37.2 Å². The number of aliphatic carboxylic acids is 1. The first-order chi connectivity index (χ1) is 19.1. The first-order valence-corrected chi connectivity index (χ1v) is 14.3. The van der Waals surface area contributed by atoms with Gasteiger partial charge < -0.3 is 24.6 Å². The van der Waals surface area contributed by atoms with Crippen molar-refractivity contribution in [2.45, 2.75) is 71.9 Å². The second-order valence-electron chi connectivity index (χ2n) is 11.8. The van der Waals surface area contributed by atoms with Crippen molar-refractivity contribution in [1.29, 1.82) is 0 Å². The number of likely N-dealkylation sites (tertiary alicyclic amines) is 2. The van der Waals surface area contributed by atoms with Crippen LogP contribution in [0.3, 0.4) is 0 Å². The Morgan fingerprint density at radius 2 is 1.98 bits per heavy atom. The minimum Gasteiger partial charge on any atom is -0.481 e. The van der Waals surface area contributed by atoms with Gasteiger partial charge in [-0.2, -0.15) is 0 Å². The van der Waals surface area contributed by atoms with Crippen molar-refractivity contribution in [3.8, 4) is 11.5 Å². The van der Waals surface area contributed by atoms with Crippen LogP contribution in [0.5, 0.6) is 11.5 Å². The largest absolute Gasteiger partial charge is 0.481 e. The third-order valence-corrected chi connectivity index (χ3v) is 7.99. The summed E-state index contributed by atoms with van der Waals surface area (Å²) in [6, 6.07) is 3.07. The number of aliphatic hydroxyl groups is 1. The summed E-state index contributed by atoms with van der Waals surface area (Å²) in [4.78, 5) is 48.3. The molecular formula is C29H43N3O8. The lowest BCUT2D eigenvalue weighted by molar-refractivity contribution is -0.188. The number of rotatable bonds is 13. The molecule has 3 aliphatic rings. The van der Waals surface area contributed by atoms with Crippen LogP contribution in [-0.4, -0.2) is 95.0 Å². The fourth-order valence-corrected chi connectivity index (χ4v) is 6.22. The van der Waals surface area contributed by atoms with Gasteiger partial charge in [-0.05, 0) is 42.4 Å². The van der Waals surface area contributed by atoms with Gasteiger partial charge in [0.05, 0.1) is 25.7 Å². The first kappa shape index (κ1) is 30.1. The number of nitrogens with zero attached hydrogens (tertiary/aromatic N) is 3. The standard InChI is InChI=1S/C29H43N3O8/c1-5-8-32(40-10-6-2)25(35)15-31-14-21(19-11-20(16-33)27-23(12-19)38-18-39-27)26(28(36)37)22(31)7-9-30-17-29(3,4)13-24(30)34/h11-12,21-22,26,33H,5-10,13-18H2,1-4H3,(H,36,37)/t21-,22+,26-/m1/s1. The second kappa shape index (κ2) is 12.7. The lowest BCUT2D eigenvalue weighted by atomic mass is 9.83. The van der Waals surface area contributed by atoms with Gasteiger partial charge in [0.1, 0.15) is 0 Å². The highest BCUT2D eigenvalue weighted by molar-refractivity contribution is 5.80. The quantitative estimate of drug-likeness (QED) is 0.349. The number of aliphatic hydroxyl groups excluding tert-OH is 1. The number of benzene rings is 1. The Morgan fingerprint density at radius 3 is 2.60 bits per heavy atom. The van der Waals surface area contributed by atoms with Crippen molar-refractivity contribution in [2.75, 3.05) is 46.1 Å². The van der Waals surface area contributed by atoms with Gasteiger partial charge in [-0.3, -0.25) is 24.1 Å². The van der Waals surface area contributed by atoms with Crippen molar-refractivity contribution >= 4 is 17.8 Å². The maximum absolute atomic E-state index is 13.4. The van der Waals surface area contributed by atoms with Crippen LogP contribution in [0.1, 0.15) is 70.4 Å². The highest BCUT2D eigenvalue weighted by Gasteiger charge is 2.48. The van der Waals surface area contributed by atoms with E-state index in [4.69, 9.17) is 14.3 Å². The molecule has 4 rings (SSSR count). The molecule has 0 saturated carbocycles. The van der Waals surface area contributed by atoms with E-state index in [1.165, 1.54) is 5.06 Å². The Balaban J connectivity index is 1.63. The Labute approximate surface area is 235 Å². The summed E-state index contributed by atoms with van der Waals surface area (Å²) in [5.41, 5.74) is 1.13. The van der Waals surface area contributed by atoms with Gasteiger partial charge in [0, 0.05) is 50.1 Å². The third kappa shape index (κ3) is 6.53. The maximum Gasteiger partial charge on any atom is 0.308 e. The maximum atomic E-state index is 13.4. The van der Waals surface area contributed by atoms with Crippen molar-refractivity contribution in [2.24, 2.45) is 11.3 Å². The van der Waals surface area contributed by atoms with Crippen LogP contribution in [0.2, 0.25) is 0 Å². The topological polar surface area (TPSA) is 129 Å². The van der Waals surface area contributed by atoms with Crippen LogP contribution in [0.4, 0.5) is 0 Å². The van der Waals surface area contributed by atoms with Gasteiger partial charge >= 0.3 is 5.97 Å². The number of carboxylic acids is 1. The van der Waals surface area contributed by atoms with E-state index < -0.39 is 23.8 Å². The average Bonchev–Trinajstić information content (AvgIpc) is 3.59. The van der Waals surface area contributed by atoms with Crippen LogP contribution >= 0.6 is 0 Å². The molecular weight excluding hydrogens is 518 g/mol. The normalized spacial score (nSPS) is 23.7. The molecule has 0 bridgehead atoms. The summed E-state index contributed by atoms with van der Waals surface area (Å²) in [7, 11) is 0. The molecule has 0 radical (unpaired) electrons. The number of carbonyl (C=O) groups is 3. The van der Waals surface area contributed by atoms with E-state index in [1.807, 2.05) is 23.6 Å². The van der Waals surface area contributed by atoms with Crippen LogP contribution < -0.4 is 9.47 Å². The SMILES string of the molecule is CCCON(CCC)C(=O)CN1C[C@H](c2cc(CO)c3c(c2)OCO3)[C@@H](C(=O)O)[C@@H]1CCN1CC(C)(C)CC1=O. The molecule has 2 saturated heterocycles. The fraction of sp³-hybridized carbons (Fsp3) is 0.690. The molecule has 2 fully saturated rings. The summed E-state index contributed by atoms with van der Waals surface area (Å²) < 4.78 is 11.1. The minimum atomic E-state index is -0.964. The second-order valence-corrected chi connectivity index (χ2v) is 11.8. The zero-order valence-electron chi connectivity index (χ0n) is 24.1. The number of hydroxylamine groups is 2. The fourth-order valence-electron chi connectivity index (χ4n) is 6.22. The Kier molecular flexibility index (Phi) is 9.58. The zero-order chi connectivity index (χ0) is 29.0. The predicted molar refractivity (Wildman–Crippen MR) is 146 cm³/mol. The smallest absolute Gasteiger partial charge is 0.308 e. The first-order valence-electron chi connectivity index (χ1n) is 14.3. The third-order valence-electron chi connectivity index (χ3n) is 7.99. The zero-order valence-corrected chi connectivity index (χ0v) is 24.1. The molecule has 1 aromatic carbocycles. The molecule has 222 valence electrons. The number of carbonyl (C=O) groups excluding carboxylic acids is 2. The average molecular weight is 562 g/mol. The Hall–Kier alpha value is -2.89. The van der Waals surface area contributed by atoms with Gasteiger partial charge in [-0.15, -0.1) is 0 Å². The van der Waals surface area contributed by atoms with Crippen molar-refractivity contribution in [3.63, 3.8) is 0 Å². The van der Waals surface area contributed by atoms with Crippen LogP contribution in [-0.2, 0) is 25.8 Å². The summed E-state index contributed by atoms with van der Waals surface area (Å²) >= 11 is 0. The van der Waals surface area contributed by atoms with Gasteiger partial charge in [0.2, 0.25) is 12.7 Å². The Bertz CT molecular complexity index is 1090. The van der Waals surface area contributed by atoms with Gasteiger partial charge in [0.15, 0.2) is 11.5 Å². The molecule has 1 aromatic rings. The van der Waals surface area contributed by atoms with E-state index in [0.29, 0.717) is 68.3 Å². The van der Waals surface area contributed by atoms with Gasteiger partial charge in [-0.25, -0.2) is 5.06 Å². The van der Waals surface area contributed by atoms with Crippen LogP contribution in [0.25, 0.3) is 0 Å². The number of hydrogen-bond donors (Lipinski definition) is 2. The molecule has 40 heavy (non-hydrogen) atoms. The highest BCUT2D eigenvalue weighted by atomic mass is 16.7. The number of fused-ring (bicyclic) bond motifs is 1. The van der Waals surface area contributed by atoms with E-state index >= 15 is 0 Å². The molecule has 0 unspecified atom stereocenters. The predicted octanol–water partition coefficient (Wildman–Crippen LogP) is 2.61. The number of ether oxygens (including phenoxy) is 2. The van der Waals surface area contributed by atoms with Gasteiger partial charge in [-0.1, -0.05) is 27.7 Å². The number of amides is 2. The minimum absolute atomic E-state index is 0.00547. The molecule has 3 atom stereocenters. The summed E-state index contributed by atoms with van der Waals surface area (Å²) in [6.45, 7) is 10.0. The van der Waals surface area contributed by atoms with E-state index in [9.17, 15) is 24.6 Å². The Morgan fingerprint density at radius 1 is 1.20 bits per heavy atom. The molecule has 11 heteroatoms. The van der Waals surface area contributed by atoms with Crippen molar-refractivity contribution in [3.05, 3.63) is 23.3 Å². The molecule has 11 nitrogen and oxygen atoms in total. The van der Waals surface area contributed by atoms with E-state index in [2.05, 4.69) is 13.8 Å². The lowest BCUT2D eigenvalue weighted by Gasteiger charge is -2.30. The van der Waals surface area contributed by atoms with Crippen LogP contribution in [0.15, 0.2) is 12.1 Å². The van der Waals surface area contributed by atoms with Crippen LogP contribution in [0, 0.1) is 11.3 Å². The van der Waals surface area contributed by atoms with Crippen molar-refractivity contribution in [1.82, 2.24) is 14.9 Å². The summed E-state index contributed by atoms with van der Waals surface area (Å²) in [5.74, 6) is -1.46. The molecule has 0 spiro atoms. The molecule has 3 aliphatic heterocycles. The van der Waals surface area contributed by atoms with E-state index in [0.717, 1.165) is 12.8 Å². The number of hydrogen-bond acceptors (Lipinski definition) is 8. The summed E-state index contributed by atoms with van der Waals surface area (Å²) in [6.07, 6.45) is 2.38. The molecule has 0 aliphatic carbocycles. The van der Waals surface area contributed by atoms with E-state index in [1.54, 1.807) is 12.1 Å². The molecule has 3 heterocycles. The monoisotopic (exact) mass is 561 g/mol. The van der Waals surface area contributed by atoms with Crippen molar-refractivity contribution < 1.29 is 38.9 Å². The molecule has 2 N–H and O–H groups in total. The molecule has 2 amide bonds. The summed E-state index contributed by atoms with van der Waals surface area (Å²) in [5, 5.41) is 21.8. The lowest BCUT2D eigenvalue weighted by Crippen LogP contribution is -2.45. The highest BCUT2D eigenvalue weighted by Crippen LogP contribution is 2.44. The number of carboxylic acid groups (broad SMARTS) is 1.